The van der Waals surface area contributed by atoms with Crippen LogP contribution in [-0.4, -0.2) is 12.5 Å². The van der Waals surface area contributed by atoms with Crippen LogP contribution in [0.1, 0.15) is 0 Å². The van der Waals surface area contributed by atoms with Gasteiger partial charge in [-0.1, -0.05) is 72.8 Å². The maximum atomic E-state index is 2.48. The van der Waals surface area contributed by atoms with Crippen LogP contribution in [0.2, 0.25) is 0 Å². The van der Waals surface area contributed by atoms with Crippen molar-refractivity contribution in [2.45, 2.75) is 9.79 Å². The summed E-state index contributed by atoms with van der Waals surface area (Å²) < 4.78 is 5.43. The molecule has 0 fully saturated rings. The molecule has 0 aliphatic carbocycles. The van der Waals surface area contributed by atoms with E-state index in [1.807, 2.05) is 22.7 Å². The van der Waals surface area contributed by atoms with Crippen LogP contribution in [0.15, 0.2) is 131 Å². The van der Waals surface area contributed by atoms with Gasteiger partial charge in [-0.3, -0.25) is 0 Å². The van der Waals surface area contributed by atoms with Crippen molar-refractivity contribution in [1.29, 1.82) is 0 Å². The van der Waals surface area contributed by atoms with E-state index in [0.29, 0.717) is 0 Å². The molecular weight excluding hydrogens is 553 g/mol. The minimum atomic E-state index is -1.15. The summed E-state index contributed by atoms with van der Waals surface area (Å²) in [4.78, 5) is 2.99. The van der Waals surface area contributed by atoms with Gasteiger partial charge in [-0.2, -0.15) is 10.0 Å². The molecule has 1 aliphatic rings. The van der Waals surface area contributed by atoms with Gasteiger partial charge in [-0.05, 0) is 94.4 Å². The molecule has 0 nitrogen and oxygen atoms in total. The van der Waals surface area contributed by atoms with Crippen molar-refractivity contribution in [1.82, 2.24) is 0 Å². The van der Waals surface area contributed by atoms with E-state index < -0.39 is 10.0 Å². The lowest BCUT2D eigenvalue weighted by Crippen LogP contribution is -1.93. The average Bonchev–Trinajstić information content (AvgIpc) is 3.64. The summed E-state index contributed by atoms with van der Waals surface area (Å²) in [6.45, 7) is 0. The van der Waals surface area contributed by atoms with Crippen LogP contribution >= 0.6 is 32.7 Å². The molecule has 0 saturated carbocycles. The number of thiophene rings is 2. The van der Waals surface area contributed by atoms with Crippen molar-refractivity contribution in [3.8, 4) is 33.4 Å². The molecule has 0 amide bonds. The van der Waals surface area contributed by atoms with Gasteiger partial charge in [-0.25, -0.2) is 0 Å². The number of hydrogen-bond acceptors (Lipinski definition) is 2. The Morgan fingerprint density at radius 2 is 0.780 bits per heavy atom. The molecular formula is C38H26S3. The Bertz CT molecular complexity index is 2180. The highest BCUT2D eigenvalue weighted by Crippen LogP contribution is 2.68. The molecule has 0 unspecified atom stereocenters. The van der Waals surface area contributed by atoms with E-state index in [1.54, 1.807) is 0 Å². The van der Waals surface area contributed by atoms with Crippen LogP contribution in [0.3, 0.4) is 0 Å². The van der Waals surface area contributed by atoms with Crippen LogP contribution in [0, 0.1) is 0 Å². The molecule has 0 bridgehead atoms. The third kappa shape index (κ3) is 3.47. The Hall–Kier alpha value is -3.89. The van der Waals surface area contributed by atoms with Gasteiger partial charge in [0.05, 0.1) is 0 Å². The Morgan fingerprint density at radius 3 is 1.27 bits per heavy atom. The molecule has 41 heavy (non-hydrogen) atoms. The maximum absolute atomic E-state index is 2.48. The quantitative estimate of drug-likeness (QED) is 0.191. The van der Waals surface area contributed by atoms with Crippen LogP contribution in [0.5, 0.6) is 0 Å². The Kier molecular flexibility index (Phi) is 4.96. The summed E-state index contributed by atoms with van der Waals surface area (Å²) in [7, 11) is -1.15. The lowest BCUT2D eigenvalue weighted by Gasteiger charge is -2.29. The molecule has 9 rings (SSSR count). The first-order valence-electron chi connectivity index (χ1n) is 13.9. The molecule has 0 atom stereocenters. The lowest BCUT2D eigenvalue weighted by atomic mass is 9.97. The third-order valence-electron chi connectivity index (χ3n) is 8.77. The van der Waals surface area contributed by atoms with Gasteiger partial charge in [0.1, 0.15) is 0 Å². The van der Waals surface area contributed by atoms with E-state index in [0.717, 1.165) is 0 Å². The molecule has 0 N–H and O–H groups in total. The van der Waals surface area contributed by atoms with E-state index in [4.69, 9.17) is 0 Å². The molecule has 0 radical (unpaired) electrons. The van der Waals surface area contributed by atoms with Crippen molar-refractivity contribution < 1.29 is 0 Å². The summed E-state index contributed by atoms with van der Waals surface area (Å²) in [5.41, 5.74) is 8.01. The van der Waals surface area contributed by atoms with Gasteiger partial charge in [-0.15, -0.1) is 22.7 Å². The average molecular weight is 579 g/mol. The summed E-state index contributed by atoms with van der Waals surface area (Å²) >= 11 is 3.77. The fourth-order valence-electron chi connectivity index (χ4n) is 6.62. The highest BCUT2D eigenvalue weighted by Gasteiger charge is 2.32. The zero-order chi connectivity index (χ0) is 27.3. The second-order valence-corrected chi connectivity index (χ2v) is 17.1. The SMILES string of the molecule is CS1(C)c2cc(-c3ccc4sc5ccccc5c4c3)ccc2-c2ccc(-c3ccc4sc5ccccc5c4c3)cc21. The standard InChI is InChI=1S/C38H26S3/c1-41(2)37-21-25(23-13-17-35-31(19-23)27-7-3-5-9-33(27)39-35)11-15-29(37)30-16-12-26(22-38(30)41)24-14-18-36-32(20-24)28-8-4-6-10-34(28)40-36/h3-22H,1-2H3. The Labute approximate surface area is 248 Å². The lowest BCUT2D eigenvalue weighted by molar-refractivity contribution is 1.44. The van der Waals surface area contributed by atoms with Crippen molar-refractivity contribution in [2.24, 2.45) is 0 Å². The number of hydrogen-bond donors (Lipinski definition) is 0. The van der Waals surface area contributed by atoms with E-state index in [2.05, 4.69) is 134 Å². The predicted octanol–water partition coefficient (Wildman–Crippen LogP) is 12.2. The van der Waals surface area contributed by atoms with Crippen molar-refractivity contribution in [2.75, 3.05) is 12.5 Å². The van der Waals surface area contributed by atoms with Crippen LogP contribution in [-0.2, 0) is 0 Å². The van der Waals surface area contributed by atoms with Crippen molar-refractivity contribution in [3.63, 3.8) is 0 Å². The summed E-state index contributed by atoms with van der Waals surface area (Å²) in [5, 5.41) is 5.43. The van der Waals surface area contributed by atoms with Gasteiger partial charge in [0.15, 0.2) is 0 Å². The zero-order valence-corrected chi connectivity index (χ0v) is 25.2. The van der Waals surface area contributed by atoms with Crippen molar-refractivity contribution in [3.05, 3.63) is 121 Å². The fraction of sp³-hybridized carbons (Fsp3) is 0.0526. The number of benzene rings is 6. The smallest absolute Gasteiger partial charge is 0.0355 e. The van der Waals surface area contributed by atoms with Gasteiger partial charge in [0, 0.05) is 50.1 Å². The monoisotopic (exact) mass is 578 g/mol. The predicted molar refractivity (Wildman–Crippen MR) is 184 cm³/mol. The minimum Gasteiger partial charge on any atom is -0.192 e. The summed E-state index contributed by atoms with van der Waals surface area (Å²) in [5.74, 6) is 0. The van der Waals surface area contributed by atoms with Gasteiger partial charge in [0.2, 0.25) is 0 Å². The Morgan fingerprint density at radius 1 is 0.390 bits per heavy atom. The highest BCUT2D eigenvalue weighted by atomic mass is 32.3. The van der Waals surface area contributed by atoms with Crippen molar-refractivity contribution >= 4 is 73.0 Å². The topological polar surface area (TPSA) is 0 Å². The van der Waals surface area contributed by atoms with Gasteiger partial charge in [0.25, 0.3) is 0 Å². The summed E-state index contributed by atoms with van der Waals surface area (Å²) in [6, 6.07) is 45.8. The molecule has 2 aromatic heterocycles. The van der Waals surface area contributed by atoms with Gasteiger partial charge >= 0.3 is 0 Å². The molecule has 8 aromatic rings. The Balaban J connectivity index is 1.14. The van der Waals surface area contributed by atoms with Crippen LogP contribution in [0.25, 0.3) is 73.7 Å². The minimum absolute atomic E-state index is 1.15. The molecule has 196 valence electrons. The molecule has 3 heterocycles. The number of fused-ring (bicyclic) bond motifs is 9. The fourth-order valence-corrected chi connectivity index (χ4v) is 11.3. The van der Waals surface area contributed by atoms with E-state index >= 15 is 0 Å². The summed E-state index contributed by atoms with van der Waals surface area (Å²) in [6.07, 6.45) is 4.94. The van der Waals surface area contributed by atoms with E-state index in [1.165, 1.54) is 83.5 Å². The third-order valence-corrected chi connectivity index (χ3v) is 14.0. The molecule has 3 heteroatoms. The first-order chi connectivity index (χ1) is 20.0. The molecule has 0 saturated heterocycles. The molecule has 6 aromatic carbocycles. The van der Waals surface area contributed by atoms with Crippen LogP contribution < -0.4 is 0 Å². The van der Waals surface area contributed by atoms with Gasteiger partial charge < -0.3 is 0 Å². The normalized spacial score (nSPS) is 14.6. The van der Waals surface area contributed by atoms with E-state index in [9.17, 15) is 0 Å². The second kappa shape index (κ2) is 8.56. The first kappa shape index (κ1) is 23.8. The number of rotatable bonds is 2. The van der Waals surface area contributed by atoms with Crippen LogP contribution in [0.4, 0.5) is 0 Å². The maximum Gasteiger partial charge on any atom is 0.0355 e. The van der Waals surface area contributed by atoms with E-state index in [-0.39, 0.29) is 0 Å². The largest absolute Gasteiger partial charge is 0.192 e. The molecule has 0 spiro atoms. The zero-order valence-electron chi connectivity index (χ0n) is 22.8. The second-order valence-electron chi connectivity index (χ2n) is 11.4. The highest BCUT2D eigenvalue weighted by molar-refractivity contribution is 8.33. The first-order valence-corrected chi connectivity index (χ1v) is 18.0. The molecule has 1 aliphatic heterocycles.